The number of carbonyl (C=O) groups is 1. The third-order valence-electron chi connectivity index (χ3n) is 3.68. The summed E-state index contributed by atoms with van der Waals surface area (Å²) < 4.78 is 0. The highest BCUT2D eigenvalue weighted by Crippen LogP contribution is 2.19. The summed E-state index contributed by atoms with van der Waals surface area (Å²) in [6.45, 7) is 6.26. The Hall–Kier alpha value is -1.35. The summed E-state index contributed by atoms with van der Waals surface area (Å²) in [5.74, 6) is -0.453. The van der Waals surface area contributed by atoms with Crippen LogP contribution in [0.25, 0.3) is 0 Å². The molecular formula is C16H25NO2. The molecule has 106 valence electrons. The highest BCUT2D eigenvalue weighted by Gasteiger charge is 2.22. The van der Waals surface area contributed by atoms with Crippen LogP contribution in [0.2, 0.25) is 0 Å². The predicted molar refractivity (Wildman–Crippen MR) is 78.4 cm³/mol. The van der Waals surface area contributed by atoms with E-state index in [1.54, 1.807) is 0 Å². The molecule has 0 amide bonds. The maximum absolute atomic E-state index is 11.2. The first-order valence-electron chi connectivity index (χ1n) is 7.10. The Morgan fingerprint density at radius 2 is 1.89 bits per heavy atom. The fraction of sp³-hybridized carbons (Fsp3) is 0.562. The molecule has 3 atom stereocenters. The Bertz CT molecular complexity index is 378. The first-order chi connectivity index (χ1) is 9.06. The molecule has 2 unspecified atom stereocenters. The first kappa shape index (κ1) is 15.7. The monoisotopic (exact) mass is 263 g/mol. The summed E-state index contributed by atoms with van der Waals surface area (Å²) in [6, 6.07) is 9.90. The quantitative estimate of drug-likeness (QED) is 0.755. The van der Waals surface area contributed by atoms with Gasteiger partial charge in [-0.1, -0.05) is 57.0 Å². The molecule has 0 heterocycles. The van der Waals surface area contributed by atoms with Crippen LogP contribution in [-0.4, -0.2) is 23.2 Å². The third-order valence-corrected chi connectivity index (χ3v) is 3.68. The smallest absolute Gasteiger partial charge is 0.320 e. The van der Waals surface area contributed by atoms with Crippen LogP contribution in [0, 0.1) is 0 Å². The normalized spacial score (nSPS) is 15.7. The van der Waals surface area contributed by atoms with Crippen LogP contribution in [0.5, 0.6) is 0 Å². The molecule has 19 heavy (non-hydrogen) atoms. The SMILES string of the molecule is CCCC[C@H](NC(C)C(C)c1ccccc1)C(=O)O. The minimum Gasteiger partial charge on any atom is -0.480 e. The highest BCUT2D eigenvalue weighted by atomic mass is 16.4. The van der Waals surface area contributed by atoms with E-state index in [4.69, 9.17) is 0 Å². The molecule has 2 N–H and O–H groups in total. The van der Waals surface area contributed by atoms with Crippen molar-refractivity contribution in [2.75, 3.05) is 0 Å². The number of rotatable bonds is 8. The van der Waals surface area contributed by atoms with Gasteiger partial charge in [-0.3, -0.25) is 4.79 Å². The molecule has 3 heteroatoms. The summed E-state index contributed by atoms with van der Waals surface area (Å²) in [4.78, 5) is 11.2. The summed E-state index contributed by atoms with van der Waals surface area (Å²) in [7, 11) is 0. The van der Waals surface area contributed by atoms with Gasteiger partial charge in [-0.15, -0.1) is 0 Å². The van der Waals surface area contributed by atoms with Gasteiger partial charge in [-0.05, 0) is 24.8 Å². The fourth-order valence-electron chi connectivity index (χ4n) is 2.19. The van der Waals surface area contributed by atoms with Gasteiger partial charge < -0.3 is 10.4 Å². The van der Waals surface area contributed by atoms with Gasteiger partial charge in [0.2, 0.25) is 0 Å². The summed E-state index contributed by atoms with van der Waals surface area (Å²) in [5, 5.41) is 12.5. The van der Waals surface area contributed by atoms with E-state index in [1.807, 2.05) is 18.2 Å². The molecule has 1 aromatic carbocycles. The van der Waals surface area contributed by atoms with Crippen molar-refractivity contribution in [2.24, 2.45) is 0 Å². The van der Waals surface area contributed by atoms with Crippen molar-refractivity contribution in [2.45, 2.75) is 58.0 Å². The molecule has 0 saturated carbocycles. The molecule has 0 aliphatic carbocycles. The number of aliphatic carboxylic acids is 1. The van der Waals surface area contributed by atoms with E-state index in [2.05, 4.69) is 38.2 Å². The lowest BCUT2D eigenvalue weighted by Crippen LogP contribution is -2.44. The largest absolute Gasteiger partial charge is 0.480 e. The van der Waals surface area contributed by atoms with Crippen molar-refractivity contribution in [3.05, 3.63) is 35.9 Å². The second-order valence-corrected chi connectivity index (χ2v) is 5.19. The summed E-state index contributed by atoms with van der Waals surface area (Å²) >= 11 is 0. The molecule has 3 nitrogen and oxygen atoms in total. The van der Waals surface area contributed by atoms with Gasteiger partial charge in [-0.2, -0.15) is 0 Å². The van der Waals surface area contributed by atoms with Crippen LogP contribution < -0.4 is 5.32 Å². The Morgan fingerprint density at radius 3 is 2.42 bits per heavy atom. The molecule has 0 radical (unpaired) electrons. The zero-order chi connectivity index (χ0) is 14.3. The number of unbranched alkanes of at least 4 members (excludes halogenated alkanes) is 1. The van der Waals surface area contributed by atoms with E-state index in [1.165, 1.54) is 5.56 Å². The number of benzene rings is 1. The van der Waals surface area contributed by atoms with Gasteiger partial charge in [0.25, 0.3) is 0 Å². The van der Waals surface area contributed by atoms with Crippen molar-refractivity contribution in [1.29, 1.82) is 0 Å². The van der Waals surface area contributed by atoms with Crippen LogP contribution in [0.15, 0.2) is 30.3 Å². The van der Waals surface area contributed by atoms with Crippen LogP contribution in [-0.2, 0) is 4.79 Å². The number of carboxylic acids is 1. The molecule has 0 bridgehead atoms. The van der Waals surface area contributed by atoms with Gasteiger partial charge in [0.05, 0.1) is 0 Å². The molecule has 0 fully saturated rings. The molecule has 0 aliphatic rings. The average Bonchev–Trinajstić information content (AvgIpc) is 2.43. The van der Waals surface area contributed by atoms with E-state index < -0.39 is 12.0 Å². The second-order valence-electron chi connectivity index (χ2n) is 5.19. The topological polar surface area (TPSA) is 49.3 Å². The van der Waals surface area contributed by atoms with Crippen LogP contribution in [0.3, 0.4) is 0 Å². The van der Waals surface area contributed by atoms with Crippen LogP contribution >= 0.6 is 0 Å². The van der Waals surface area contributed by atoms with Gasteiger partial charge in [0.15, 0.2) is 0 Å². The lowest BCUT2D eigenvalue weighted by molar-refractivity contribution is -0.139. The number of nitrogens with one attached hydrogen (secondary N) is 1. The number of hydrogen-bond donors (Lipinski definition) is 2. The van der Waals surface area contributed by atoms with Crippen molar-refractivity contribution in [1.82, 2.24) is 5.32 Å². The van der Waals surface area contributed by atoms with E-state index in [-0.39, 0.29) is 6.04 Å². The van der Waals surface area contributed by atoms with Gasteiger partial charge >= 0.3 is 5.97 Å². The standard InChI is InChI=1S/C16H25NO2/c1-4-5-11-15(16(18)19)17-13(3)12(2)14-9-7-6-8-10-14/h6-10,12-13,15,17H,4-5,11H2,1-3H3,(H,18,19)/t12?,13?,15-/m0/s1. The predicted octanol–water partition coefficient (Wildman–Crippen LogP) is 3.41. The van der Waals surface area contributed by atoms with E-state index in [0.717, 1.165) is 12.8 Å². The molecule has 1 aromatic rings. The van der Waals surface area contributed by atoms with Crippen LogP contribution in [0.1, 0.15) is 51.5 Å². The van der Waals surface area contributed by atoms with Gasteiger partial charge in [0, 0.05) is 6.04 Å². The van der Waals surface area contributed by atoms with Crippen molar-refractivity contribution in [3.8, 4) is 0 Å². The Morgan fingerprint density at radius 1 is 1.26 bits per heavy atom. The van der Waals surface area contributed by atoms with Gasteiger partial charge in [-0.25, -0.2) is 0 Å². The second kappa shape index (κ2) is 7.95. The summed E-state index contributed by atoms with van der Waals surface area (Å²) in [6.07, 6.45) is 2.65. The minimum absolute atomic E-state index is 0.139. The minimum atomic E-state index is -0.749. The maximum atomic E-state index is 11.2. The molecular weight excluding hydrogens is 238 g/mol. The average molecular weight is 263 g/mol. The van der Waals surface area contributed by atoms with Crippen molar-refractivity contribution >= 4 is 5.97 Å². The number of carboxylic acid groups (broad SMARTS) is 1. The fourth-order valence-corrected chi connectivity index (χ4v) is 2.19. The number of hydrogen-bond acceptors (Lipinski definition) is 2. The van der Waals surface area contributed by atoms with Crippen molar-refractivity contribution < 1.29 is 9.90 Å². The molecule has 0 aliphatic heterocycles. The Kier molecular flexibility index (Phi) is 6.57. The Balaban J connectivity index is 2.61. The Labute approximate surface area is 116 Å². The highest BCUT2D eigenvalue weighted by molar-refractivity contribution is 5.73. The summed E-state index contributed by atoms with van der Waals surface area (Å²) in [5.41, 5.74) is 1.24. The lowest BCUT2D eigenvalue weighted by Gasteiger charge is -2.25. The molecule has 0 aromatic heterocycles. The maximum Gasteiger partial charge on any atom is 0.320 e. The zero-order valence-electron chi connectivity index (χ0n) is 12.1. The van der Waals surface area contributed by atoms with Gasteiger partial charge in [0.1, 0.15) is 6.04 Å². The third kappa shape index (κ3) is 5.03. The van der Waals surface area contributed by atoms with Crippen LogP contribution in [0.4, 0.5) is 0 Å². The molecule has 0 spiro atoms. The zero-order valence-corrected chi connectivity index (χ0v) is 12.1. The van der Waals surface area contributed by atoms with Crippen molar-refractivity contribution in [3.63, 3.8) is 0 Å². The first-order valence-corrected chi connectivity index (χ1v) is 7.10. The van der Waals surface area contributed by atoms with E-state index >= 15 is 0 Å². The molecule has 0 saturated heterocycles. The lowest BCUT2D eigenvalue weighted by atomic mass is 9.93. The molecule has 1 rings (SSSR count). The van der Waals surface area contributed by atoms with E-state index in [9.17, 15) is 9.90 Å². The van der Waals surface area contributed by atoms with E-state index in [0.29, 0.717) is 12.3 Å².